The SMILES string of the molecule is [CH3][Zr]([C]1=CC=CC1)([C]1=CC=CC1)[C]1=CC=CC1. The van der Waals surface area contributed by atoms with E-state index in [1.54, 1.807) is 9.84 Å². The summed E-state index contributed by atoms with van der Waals surface area (Å²) in [6.07, 6.45) is 24.5. The predicted octanol–water partition coefficient (Wildman–Crippen LogP) is 4.72. The summed E-state index contributed by atoms with van der Waals surface area (Å²) < 4.78 is 7.86. The van der Waals surface area contributed by atoms with Gasteiger partial charge < -0.3 is 0 Å². The van der Waals surface area contributed by atoms with E-state index < -0.39 is 20.3 Å². The van der Waals surface area contributed by atoms with Crippen LogP contribution < -0.4 is 0 Å². The summed E-state index contributed by atoms with van der Waals surface area (Å²) in [5.74, 6) is 0. The standard InChI is InChI=1S/3C5H5.CH3.Zr/c3*1-2-4-5-3-1;;/h3*1-3H,4H2;1H3;. The normalized spacial score (nSPS) is 22.1. The van der Waals surface area contributed by atoms with E-state index >= 15 is 0 Å². The summed E-state index contributed by atoms with van der Waals surface area (Å²) >= 11 is -2.42. The van der Waals surface area contributed by atoms with Crippen LogP contribution in [0, 0.1) is 0 Å². The van der Waals surface area contributed by atoms with Crippen molar-refractivity contribution in [2.45, 2.75) is 23.9 Å². The Bertz CT molecular complexity index is 436. The van der Waals surface area contributed by atoms with Gasteiger partial charge in [-0.3, -0.25) is 0 Å². The molecule has 0 heterocycles. The molecule has 0 nitrogen and oxygen atoms in total. The molecule has 0 saturated carbocycles. The van der Waals surface area contributed by atoms with Gasteiger partial charge in [-0.2, -0.15) is 0 Å². The third-order valence-electron chi connectivity index (χ3n) is 4.24. The van der Waals surface area contributed by atoms with Gasteiger partial charge in [0.2, 0.25) is 0 Å². The molecular formula is C16H18Zr. The third-order valence-corrected chi connectivity index (χ3v) is 16.4. The van der Waals surface area contributed by atoms with Gasteiger partial charge in [0.1, 0.15) is 0 Å². The van der Waals surface area contributed by atoms with Crippen LogP contribution in [0.25, 0.3) is 0 Å². The first kappa shape index (κ1) is 11.4. The molecule has 3 aliphatic carbocycles. The molecule has 0 aromatic rings. The molecule has 17 heavy (non-hydrogen) atoms. The molecule has 0 fully saturated rings. The summed E-state index contributed by atoms with van der Waals surface area (Å²) in [7, 11) is 0. The molecule has 0 aromatic carbocycles. The molecule has 0 radical (unpaired) electrons. The summed E-state index contributed by atoms with van der Waals surface area (Å²) in [6, 6.07) is 0. The molecule has 1 heteroatoms. The second-order valence-corrected chi connectivity index (χ2v) is 15.4. The first-order valence-electron chi connectivity index (χ1n) is 6.40. The van der Waals surface area contributed by atoms with Crippen LogP contribution in [0.2, 0.25) is 4.63 Å². The van der Waals surface area contributed by atoms with Gasteiger partial charge in [0, 0.05) is 0 Å². The van der Waals surface area contributed by atoms with Crippen molar-refractivity contribution in [2.24, 2.45) is 0 Å². The fraction of sp³-hybridized carbons (Fsp3) is 0.250. The van der Waals surface area contributed by atoms with Crippen molar-refractivity contribution >= 4 is 0 Å². The van der Waals surface area contributed by atoms with Gasteiger partial charge in [-0.25, -0.2) is 0 Å². The van der Waals surface area contributed by atoms with Crippen molar-refractivity contribution < 1.29 is 20.3 Å². The predicted molar refractivity (Wildman–Crippen MR) is 71.4 cm³/mol. The van der Waals surface area contributed by atoms with Crippen LogP contribution in [0.5, 0.6) is 0 Å². The molecule has 0 N–H and O–H groups in total. The Morgan fingerprint density at radius 1 is 0.706 bits per heavy atom. The van der Waals surface area contributed by atoms with E-state index in [1.807, 2.05) is 0 Å². The number of rotatable bonds is 3. The van der Waals surface area contributed by atoms with E-state index in [4.69, 9.17) is 0 Å². The van der Waals surface area contributed by atoms with Crippen molar-refractivity contribution in [3.8, 4) is 0 Å². The van der Waals surface area contributed by atoms with E-state index in [9.17, 15) is 0 Å². The maximum absolute atomic E-state index is 2.60. The van der Waals surface area contributed by atoms with Crippen LogP contribution in [0.4, 0.5) is 0 Å². The van der Waals surface area contributed by atoms with Crippen molar-refractivity contribution in [1.82, 2.24) is 0 Å². The molecule has 0 spiro atoms. The fourth-order valence-corrected chi connectivity index (χ4v) is 13.2. The second kappa shape index (κ2) is 4.54. The Morgan fingerprint density at radius 3 is 1.29 bits per heavy atom. The van der Waals surface area contributed by atoms with Gasteiger partial charge >= 0.3 is 109 Å². The molecule has 3 rings (SSSR count). The van der Waals surface area contributed by atoms with Crippen molar-refractivity contribution in [3.05, 3.63) is 64.5 Å². The molecule has 0 unspecified atom stereocenters. The van der Waals surface area contributed by atoms with E-state index in [0.29, 0.717) is 0 Å². The average Bonchev–Trinajstić information content (AvgIpc) is 3.10. The van der Waals surface area contributed by atoms with Crippen molar-refractivity contribution in [1.29, 1.82) is 0 Å². The molecule has 86 valence electrons. The van der Waals surface area contributed by atoms with Crippen LogP contribution in [-0.4, -0.2) is 0 Å². The Kier molecular flexibility index (Phi) is 3.05. The van der Waals surface area contributed by atoms with Crippen molar-refractivity contribution in [2.75, 3.05) is 0 Å². The molecule has 3 aliphatic rings. The van der Waals surface area contributed by atoms with Crippen LogP contribution >= 0.6 is 0 Å². The van der Waals surface area contributed by atoms with Crippen LogP contribution in [-0.2, 0) is 20.3 Å². The fourth-order valence-electron chi connectivity index (χ4n) is 3.07. The third kappa shape index (κ3) is 1.85. The van der Waals surface area contributed by atoms with Gasteiger partial charge in [-0.15, -0.1) is 0 Å². The van der Waals surface area contributed by atoms with Gasteiger partial charge in [0.15, 0.2) is 0 Å². The molecule has 0 saturated heterocycles. The van der Waals surface area contributed by atoms with Gasteiger partial charge in [0.25, 0.3) is 0 Å². The molecule has 0 atom stereocenters. The first-order valence-corrected chi connectivity index (χ1v) is 12.5. The van der Waals surface area contributed by atoms with E-state index in [1.165, 1.54) is 19.3 Å². The Morgan fingerprint density at radius 2 is 1.06 bits per heavy atom. The summed E-state index contributed by atoms with van der Waals surface area (Å²) in [5.41, 5.74) is 0. The van der Waals surface area contributed by atoms with Crippen molar-refractivity contribution in [3.63, 3.8) is 0 Å². The Balaban J connectivity index is 2.01. The van der Waals surface area contributed by atoms with E-state index in [-0.39, 0.29) is 0 Å². The monoisotopic (exact) mass is 300 g/mol. The van der Waals surface area contributed by atoms with Gasteiger partial charge in [-0.1, -0.05) is 0 Å². The molecular weight excluding hydrogens is 283 g/mol. The molecule has 0 amide bonds. The zero-order valence-electron chi connectivity index (χ0n) is 10.3. The number of hydrogen-bond donors (Lipinski definition) is 0. The summed E-state index contributed by atoms with van der Waals surface area (Å²) in [5, 5.41) is 0. The van der Waals surface area contributed by atoms with E-state index in [0.717, 1.165) is 0 Å². The molecule has 0 aliphatic heterocycles. The minimum absolute atomic E-state index is 1.20. The van der Waals surface area contributed by atoms with Crippen LogP contribution in [0.1, 0.15) is 19.3 Å². The number of allylic oxidation sites excluding steroid dienone is 12. The zero-order valence-corrected chi connectivity index (χ0v) is 12.8. The average molecular weight is 302 g/mol. The summed E-state index contributed by atoms with van der Waals surface area (Å²) in [6.45, 7) is 0. The quantitative estimate of drug-likeness (QED) is 0.707. The van der Waals surface area contributed by atoms with E-state index in [2.05, 4.69) is 59.3 Å². The topological polar surface area (TPSA) is 0 Å². The minimum atomic E-state index is -2.42. The Hall–Kier alpha value is -0.677. The Labute approximate surface area is 108 Å². The zero-order chi connectivity index (χ0) is 11.7. The second-order valence-electron chi connectivity index (χ2n) is 5.10. The number of hydrogen-bond acceptors (Lipinski definition) is 0. The molecule has 0 aromatic heterocycles. The van der Waals surface area contributed by atoms with Gasteiger partial charge in [0.05, 0.1) is 0 Å². The molecule has 0 bridgehead atoms. The van der Waals surface area contributed by atoms with Gasteiger partial charge in [-0.05, 0) is 0 Å². The van der Waals surface area contributed by atoms with Crippen LogP contribution in [0.3, 0.4) is 0 Å². The van der Waals surface area contributed by atoms with Crippen LogP contribution in [0.15, 0.2) is 64.5 Å². The first-order chi connectivity index (χ1) is 8.32. The maximum atomic E-state index is 2.60. The summed E-state index contributed by atoms with van der Waals surface area (Å²) in [4.78, 5) is 0.